The van der Waals surface area contributed by atoms with E-state index in [1.165, 1.54) is 0 Å². The van der Waals surface area contributed by atoms with Crippen LogP contribution < -0.4 is 5.32 Å². The van der Waals surface area contributed by atoms with E-state index in [0.717, 1.165) is 44.2 Å². The zero-order valence-corrected chi connectivity index (χ0v) is 13.0. The van der Waals surface area contributed by atoms with Crippen molar-refractivity contribution in [1.82, 2.24) is 20.2 Å². The van der Waals surface area contributed by atoms with Crippen molar-refractivity contribution < 1.29 is 4.74 Å². The maximum absolute atomic E-state index is 5.77. The zero-order chi connectivity index (χ0) is 14.6. The van der Waals surface area contributed by atoms with Crippen molar-refractivity contribution in [2.45, 2.75) is 45.9 Å². The molecule has 1 unspecified atom stereocenters. The van der Waals surface area contributed by atoms with Crippen LogP contribution in [0.4, 0.5) is 0 Å². The number of likely N-dealkylation sites (N-methyl/N-ethyl adjacent to an activating group) is 1. The standard InChI is InChI=1S/C15H26N4O/c1-5-19-6-7-20-13(11-19)14-16-8-12(9-17-14)10-18-15(2,3)4/h8-9,13,18H,5-7,10-11H2,1-4H3. The van der Waals surface area contributed by atoms with Gasteiger partial charge in [-0.3, -0.25) is 4.90 Å². The summed E-state index contributed by atoms with van der Waals surface area (Å²) < 4.78 is 5.77. The van der Waals surface area contributed by atoms with Crippen molar-refractivity contribution in [3.8, 4) is 0 Å². The molecule has 2 rings (SSSR count). The van der Waals surface area contributed by atoms with Crippen LogP contribution in [0.15, 0.2) is 12.4 Å². The highest BCUT2D eigenvalue weighted by Crippen LogP contribution is 2.18. The minimum atomic E-state index is 0.00771. The van der Waals surface area contributed by atoms with E-state index < -0.39 is 0 Å². The Morgan fingerprint density at radius 2 is 2.05 bits per heavy atom. The summed E-state index contributed by atoms with van der Waals surface area (Å²) in [7, 11) is 0. The lowest BCUT2D eigenvalue weighted by Gasteiger charge is -2.31. The average Bonchev–Trinajstić information content (AvgIpc) is 2.45. The largest absolute Gasteiger partial charge is 0.368 e. The fourth-order valence-electron chi connectivity index (χ4n) is 2.14. The number of nitrogens with zero attached hydrogens (tertiary/aromatic N) is 3. The van der Waals surface area contributed by atoms with Crippen molar-refractivity contribution in [2.24, 2.45) is 0 Å². The number of ether oxygens (including phenoxy) is 1. The molecule has 1 fully saturated rings. The fraction of sp³-hybridized carbons (Fsp3) is 0.733. The lowest BCUT2D eigenvalue weighted by Crippen LogP contribution is -2.38. The van der Waals surface area contributed by atoms with E-state index in [2.05, 4.69) is 47.9 Å². The molecule has 1 aliphatic heterocycles. The van der Waals surface area contributed by atoms with Crippen molar-refractivity contribution in [2.75, 3.05) is 26.2 Å². The van der Waals surface area contributed by atoms with E-state index in [1.807, 2.05) is 12.4 Å². The third-order valence-electron chi connectivity index (χ3n) is 3.43. The highest BCUT2D eigenvalue weighted by Gasteiger charge is 2.23. The van der Waals surface area contributed by atoms with Gasteiger partial charge in [-0.1, -0.05) is 6.92 Å². The Morgan fingerprint density at radius 1 is 1.35 bits per heavy atom. The van der Waals surface area contributed by atoms with E-state index in [9.17, 15) is 0 Å². The number of nitrogens with one attached hydrogen (secondary N) is 1. The summed E-state index contributed by atoms with van der Waals surface area (Å²) in [6.45, 7) is 13.1. The summed E-state index contributed by atoms with van der Waals surface area (Å²) in [6.07, 6.45) is 3.80. The van der Waals surface area contributed by atoms with Crippen LogP contribution in [0.1, 0.15) is 45.2 Å². The highest BCUT2D eigenvalue weighted by atomic mass is 16.5. The summed E-state index contributed by atoms with van der Waals surface area (Å²) in [6, 6.07) is 0. The Morgan fingerprint density at radius 3 is 2.65 bits per heavy atom. The minimum absolute atomic E-state index is 0.00771. The van der Waals surface area contributed by atoms with Crippen molar-refractivity contribution >= 4 is 0 Å². The molecule has 0 bridgehead atoms. The molecule has 2 heterocycles. The summed E-state index contributed by atoms with van der Waals surface area (Å²) in [5.74, 6) is 0.794. The molecule has 20 heavy (non-hydrogen) atoms. The summed E-state index contributed by atoms with van der Waals surface area (Å²) in [5.41, 5.74) is 1.21. The SMILES string of the molecule is CCN1CCOC(c2ncc(CNC(C)(C)C)cn2)C1. The number of aromatic nitrogens is 2. The maximum Gasteiger partial charge on any atom is 0.158 e. The van der Waals surface area contributed by atoms with Crippen LogP contribution in [0.2, 0.25) is 0 Å². The van der Waals surface area contributed by atoms with Crippen LogP contribution in [0, 0.1) is 0 Å². The minimum Gasteiger partial charge on any atom is -0.368 e. The number of rotatable bonds is 4. The first kappa shape index (κ1) is 15.4. The molecular formula is C15H26N4O. The summed E-state index contributed by atoms with van der Waals surface area (Å²) in [5, 5.41) is 3.43. The van der Waals surface area contributed by atoms with Crippen LogP contribution in [0.3, 0.4) is 0 Å². The molecular weight excluding hydrogens is 252 g/mol. The first-order chi connectivity index (χ1) is 9.48. The molecule has 0 aliphatic carbocycles. The quantitative estimate of drug-likeness (QED) is 0.909. The van der Waals surface area contributed by atoms with Crippen LogP contribution >= 0.6 is 0 Å². The monoisotopic (exact) mass is 278 g/mol. The molecule has 0 aromatic carbocycles. The van der Waals surface area contributed by atoms with E-state index in [4.69, 9.17) is 4.74 Å². The van der Waals surface area contributed by atoms with Gasteiger partial charge in [0.05, 0.1) is 6.61 Å². The van der Waals surface area contributed by atoms with Gasteiger partial charge >= 0.3 is 0 Å². The molecule has 1 aliphatic rings. The van der Waals surface area contributed by atoms with Gasteiger partial charge in [0.1, 0.15) is 6.10 Å². The van der Waals surface area contributed by atoms with Gasteiger partial charge < -0.3 is 10.1 Å². The Hall–Kier alpha value is -1.04. The smallest absolute Gasteiger partial charge is 0.158 e. The average molecular weight is 278 g/mol. The third-order valence-corrected chi connectivity index (χ3v) is 3.43. The Balaban J connectivity index is 1.94. The maximum atomic E-state index is 5.77. The van der Waals surface area contributed by atoms with Crippen LogP contribution in [-0.4, -0.2) is 46.6 Å². The molecule has 1 aromatic rings. The van der Waals surface area contributed by atoms with Gasteiger partial charge in [-0.15, -0.1) is 0 Å². The molecule has 112 valence electrons. The van der Waals surface area contributed by atoms with Gasteiger partial charge in [0, 0.05) is 43.1 Å². The Kier molecular flexibility index (Phi) is 5.07. The fourth-order valence-corrected chi connectivity index (χ4v) is 2.14. The molecule has 1 N–H and O–H groups in total. The molecule has 1 aromatic heterocycles. The molecule has 0 amide bonds. The van der Waals surface area contributed by atoms with Gasteiger partial charge in [-0.05, 0) is 27.3 Å². The summed E-state index contributed by atoms with van der Waals surface area (Å²) in [4.78, 5) is 11.3. The van der Waals surface area contributed by atoms with E-state index in [1.54, 1.807) is 0 Å². The van der Waals surface area contributed by atoms with E-state index in [0.29, 0.717) is 0 Å². The third kappa shape index (κ3) is 4.51. The normalized spacial score (nSPS) is 21.1. The molecule has 5 heteroatoms. The highest BCUT2D eigenvalue weighted by molar-refractivity contribution is 5.07. The number of hydrogen-bond donors (Lipinski definition) is 1. The van der Waals surface area contributed by atoms with Gasteiger partial charge in [-0.25, -0.2) is 9.97 Å². The van der Waals surface area contributed by atoms with Crippen LogP contribution in [-0.2, 0) is 11.3 Å². The molecule has 1 atom stereocenters. The molecule has 0 spiro atoms. The van der Waals surface area contributed by atoms with Crippen molar-refractivity contribution in [3.63, 3.8) is 0 Å². The van der Waals surface area contributed by atoms with Crippen LogP contribution in [0.5, 0.6) is 0 Å². The first-order valence-corrected chi connectivity index (χ1v) is 7.38. The second kappa shape index (κ2) is 6.61. The van der Waals surface area contributed by atoms with Gasteiger partial charge in [0.2, 0.25) is 0 Å². The topological polar surface area (TPSA) is 50.3 Å². The molecule has 1 saturated heterocycles. The second-order valence-corrected chi connectivity index (χ2v) is 6.31. The van der Waals surface area contributed by atoms with Gasteiger partial charge in [0.25, 0.3) is 0 Å². The van der Waals surface area contributed by atoms with Crippen LogP contribution in [0.25, 0.3) is 0 Å². The van der Waals surface area contributed by atoms with Gasteiger partial charge in [0.15, 0.2) is 5.82 Å². The molecule has 5 nitrogen and oxygen atoms in total. The lowest BCUT2D eigenvalue weighted by atomic mass is 10.1. The molecule has 0 saturated carbocycles. The Bertz CT molecular complexity index is 413. The van der Waals surface area contributed by atoms with Crippen molar-refractivity contribution in [3.05, 3.63) is 23.8 Å². The second-order valence-electron chi connectivity index (χ2n) is 6.31. The predicted molar refractivity (Wildman–Crippen MR) is 79.4 cm³/mol. The zero-order valence-electron chi connectivity index (χ0n) is 13.0. The van der Waals surface area contributed by atoms with E-state index in [-0.39, 0.29) is 11.6 Å². The number of hydrogen-bond acceptors (Lipinski definition) is 5. The number of morpholine rings is 1. The Labute approximate surface area is 121 Å². The van der Waals surface area contributed by atoms with Crippen molar-refractivity contribution in [1.29, 1.82) is 0 Å². The van der Waals surface area contributed by atoms with E-state index >= 15 is 0 Å². The summed E-state index contributed by atoms with van der Waals surface area (Å²) >= 11 is 0. The molecule has 0 radical (unpaired) electrons. The first-order valence-electron chi connectivity index (χ1n) is 7.38. The lowest BCUT2D eigenvalue weighted by molar-refractivity contribution is -0.0326. The predicted octanol–water partition coefficient (Wildman–Crippen LogP) is 1.76. The van der Waals surface area contributed by atoms with Gasteiger partial charge in [-0.2, -0.15) is 0 Å².